The summed E-state index contributed by atoms with van der Waals surface area (Å²) in [7, 11) is 0. The molecule has 0 aliphatic heterocycles. The molecule has 109 valence electrons. The number of anilines is 2. The molecule has 0 aliphatic rings. The van der Waals surface area contributed by atoms with Crippen molar-refractivity contribution in [2.75, 3.05) is 5.32 Å². The van der Waals surface area contributed by atoms with E-state index in [-0.39, 0.29) is 10.8 Å². The van der Waals surface area contributed by atoms with Crippen molar-refractivity contribution in [3.63, 3.8) is 0 Å². The van der Waals surface area contributed by atoms with Crippen LogP contribution in [0.3, 0.4) is 0 Å². The molecule has 0 spiro atoms. The molecule has 3 rings (SSSR count). The van der Waals surface area contributed by atoms with Gasteiger partial charge in [0.25, 0.3) is 5.91 Å². The number of hydrogen-bond donors (Lipinski definition) is 2. The Morgan fingerprint density at radius 3 is 2.86 bits per heavy atom. The highest BCUT2D eigenvalue weighted by Crippen LogP contribution is 2.26. The summed E-state index contributed by atoms with van der Waals surface area (Å²) in [5, 5.41) is 3.60. The summed E-state index contributed by atoms with van der Waals surface area (Å²) in [5.74, 6) is -1.02. The van der Waals surface area contributed by atoms with Crippen LogP contribution in [0.4, 0.5) is 15.9 Å². The van der Waals surface area contributed by atoms with Gasteiger partial charge in [0.2, 0.25) is 5.82 Å². The molecule has 0 bridgehead atoms. The molecule has 2 aromatic carbocycles. The minimum absolute atomic E-state index is 0.0231. The molecule has 1 radical (unpaired) electrons. The largest absolute Gasteiger partial charge is 0.363 e. The van der Waals surface area contributed by atoms with E-state index in [0.717, 1.165) is 0 Å². The third kappa shape index (κ3) is 2.68. The first kappa shape index (κ1) is 14.2. The number of nitrogens with zero attached hydrogens (tertiary/aromatic N) is 2. The number of fused-ring (bicyclic) bond motifs is 1. The number of aromatic nitrogens is 2. The molecule has 5 nitrogen and oxygen atoms in total. The molecule has 0 unspecified atom stereocenters. The minimum Gasteiger partial charge on any atom is -0.363 e. The van der Waals surface area contributed by atoms with E-state index < -0.39 is 11.7 Å². The van der Waals surface area contributed by atoms with Crippen LogP contribution in [-0.4, -0.2) is 15.9 Å². The van der Waals surface area contributed by atoms with E-state index >= 15 is 0 Å². The van der Waals surface area contributed by atoms with Crippen LogP contribution < -0.4 is 11.1 Å². The van der Waals surface area contributed by atoms with Crippen LogP contribution in [0.5, 0.6) is 0 Å². The molecule has 7 heteroatoms. The smallest absolute Gasteiger partial charge is 0.286 e. The maximum atomic E-state index is 13.2. The SMILES string of the molecule is NC(=O)c1nc(Nc2ccc(F)c(Cl)c2)c2c[c]ccc2n1. The van der Waals surface area contributed by atoms with Crippen molar-refractivity contribution in [1.29, 1.82) is 0 Å². The topological polar surface area (TPSA) is 80.9 Å². The number of amides is 1. The van der Waals surface area contributed by atoms with Crippen LogP contribution in [0.15, 0.2) is 36.4 Å². The third-order valence-corrected chi connectivity index (χ3v) is 3.23. The molecule has 1 amide bonds. The van der Waals surface area contributed by atoms with Gasteiger partial charge in [0, 0.05) is 11.1 Å². The molecule has 3 N–H and O–H groups in total. The second kappa shape index (κ2) is 5.57. The molecule has 22 heavy (non-hydrogen) atoms. The fraction of sp³-hybridized carbons (Fsp3) is 0. The Labute approximate surface area is 129 Å². The molecule has 3 aromatic rings. The van der Waals surface area contributed by atoms with Gasteiger partial charge in [0.05, 0.1) is 10.5 Å². The summed E-state index contributed by atoms with van der Waals surface area (Å²) in [4.78, 5) is 19.5. The second-order valence-electron chi connectivity index (χ2n) is 4.46. The van der Waals surface area contributed by atoms with E-state index in [1.165, 1.54) is 18.2 Å². The van der Waals surface area contributed by atoms with Crippen molar-refractivity contribution in [3.05, 3.63) is 59.1 Å². The zero-order valence-electron chi connectivity index (χ0n) is 11.1. The highest BCUT2D eigenvalue weighted by molar-refractivity contribution is 6.31. The average Bonchev–Trinajstić information content (AvgIpc) is 2.50. The van der Waals surface area contributed by atoms with Crippen molar-refractivity contribution >= 4 is 39.9 Å². The Balaban J connectivity index is 2.12. The van der Waals surface area contributed by atoms with Gasteiger partial charge in [0.15, 0.2) is 0 Å². The molecule has 0 saturated heterocycles. The van der Waals surface area contributed by atoms with Gasteiger partial charge in [-0.15, -0.1) is 0 Å². The number of hydrogen-bond acceptors (Lipinski definition) is 4. The lowest BCUT2D eigenvalue weighted by Gasteiger charge is -2.10. The van der Waals surface area contributed by atoms with Crippen molar-refractivity contribution < 1.29 is 9.18 Å². The molecule has 0 atom stereocenters. The lowest BCUT2D eigenvalue weighted by Crippen LogP contribution is -2.16. The molecule has 0 aliphatic carbocycles. The predicted molar refractivity (Wildman–Crippen MR) is 81.6 cm³/mol. The Bertz CT molecular complexity index is 885. The Morgan fingerprint density at radius 2 is 2.14 bits per heavy atom. The number of nitrogens with one attached hydrogen (secondary N) is 1. The summed E-state index contributed by atoms with van der Waals surface area (Å²) >= 11 is 5.75. The van der Waals surface area contributed by atoms with Gasteiger partial charge in [-0.3, -0.25) is 4.79 Å². The highest BCUT2D eigenvalue weighted by atomic mass is 35.5. The number of primary amides is 1. The summed E-state index contributed by atoms with van der Waals surface area (Å²) < 4.78 is 13.2. The maximum Gasteiger partial charge on any atom is 0.286 e. The van der Waals surface area contributed by atoms with Crippen molar-refractivity contribution in [1.82, 2.24) is 9.97 Å². The fourth-order valence-electron chi connectivity index (χ4n) is 1.93. The van der Waals surface area contributed by atoms with Gasteiger partial charge in [-0.05, 0) is 36.4 Å². The number of carbonyl (C=O) groups excluding carboxylic acids is 1. The summed E-state index contributed by atoms with van der Waals surface area (Å²) in [6.45, 7) is 0. The minimum atomic E-state index is -0.741. The summed E-state index contributed by atoms with van der Waals surface area (Å²) in [5.41, 5.74) is 6.30. The van der Waals surface area contributed by atoms with Gasteiger partial charge < -0.3 is 11.1 Å². The number of rotatable bonds is 3. The van der Waals surface area contributed by atoms with Crippen molar-refractivity contribution in [2.24, 2.45) is 5.73 Å². The van der Waals surface area contributed by atoms with Gasteiger partial charge in [-0.1, -0.05) is 17.7 Å². The highest BCUT2D eigenvalue weighted by Gasteiger charge is 2.12. The Morgan fingerprint density at radius 1 is 1.32 bits per heavy atom. The van der Waals surface area contributed by atoms with E-state index in [1.807, 2.05) is 0 Å². The van der Waals surface area contributed by atoms with Crippen molar-refractivity contribution in [2.45, 2.75) is 0 Å². The first-order valence-electron chi connectivity index (χ1n) is 6.24. The first-order valence-corrected chi connectivity index (χ1v) is 6.62. The van der Waals surface area contributed by atoms with Gasteiger partial charge >= 0.3 is 0 Å². The summed E-state index contributed by atoms with van der Waals surface area (Å²) in [6, 6.07) is 12.1. The number of halogens is 2. The molecule has 1 aromatic heterocycles. The predicted octanol–water partition coefficient (Wildman–Crippen LogP) is 3.06. The van der Waals surface area contributed by atoms with Gasteiger partial charge in [-0.25, -0.2) is 14.4 Å². The van der Waals surface area contributed by atoms with Crippen LogP contribution in [0.25, 0.3) is 10.9 Å². The molecule has 0 saturated carbocycles. The maximum absolute atomic E-state index is 13.2. The molecule has 1 heterocycles. The quantitative estimate of drug-likeness (QED) is 0.778. The Hall–Kier alpha value is -2.73. The van der Waals surface area contributed by atoms with E-state index in [1.54, 1.807) is 18.2 Å². The van der Waals surface area contributed by atoms with E-state index in [4.69, 9.17) is 17.3 Å². The van der Waals surface area contributed by atoms with E-state index in [2.05, 4.69) is 21.4 Å². The lowest BCUT2D eigenvalue weighted by atomic mass is 10.2. The zero-order valence-corrected chi connectivity index (χ0v) is 11.9. The van der Waals surface area contributed by atoms with Crippen LogP contribution >= 0.6 is 11.6 Å². The number of carbonyl (C=O) groups is 1. The van der Waals surface area contributed by atoms with Gasteiger partial charge in [-0.2, -0.15) is 0 Å². The molecule has 0 fully saturated rings. The van der Waals surface area contributed by atoms with Crippen LogP contribution in [0.1, 0.15) is 10.6 Å². The Kier molecular flexibility index (Phi) is 3.60. The zero-order chi connectivity index (χ0) is 15.7. The van der Waals surface area contributed by atoms with E-state index in [0.29, 0.717) is 22.4 Å². The fourth-order valence-corrected chi connectivity index (χ4v) is 2.11. The van der Waals surface area contributed by atoms with Crippen LogP contribution in [-0.2, 0) is 0 Å². The van der Waals surface area contributed by atoms with Gasteiger partial charge in [0.1, 0.15) is 11.6 Å². The monoisotopic (exact) mass is 315 g/mol. The van der Waals surface area contributed by atoms with Crippen LogP contribution in [0.2, 0.25) is 5.02 Å². The van der Waals surface area contributed by atoms with Crippen LogP contribution in [0, 0.1) is 11.9 Å². The normalized spacial score (nSPS) is 10.6. The lowest BCUT2D eigenvalue weighted by molar-refractivity contribution is 0.0991. The molecular weight excluding hydrogens is 307 g/mol. The molecular formula is C15H9ClFN4O. The third-order valence-electron chi connectivity index (χ3n) is 2.94. The average molecular weight is 316 g/mol. The number of nitrogens with two attached hydrogens (primary N) is 1. The van der Waals surface area contributed by atoms with E-state index in [9.17, 15) is 9.18 Å². The first-order chi connectivity index (χ1) is 10.5. The summed E-state index contributed by atoms with van der Waals surface area (Å²) in [6.07, 6.45) is 0. The second-order valence-corrected chi connectivity index (χ2v) is 4.86. The standard InChI is InChI=1S/C15H9ClFN4O/c16-10-7-8(5-6-11(10)17)19-14-9-3-1-2-4-12(9)20-15(21-14)13(18)22/h2-7H,(H2,18,22)(H,19,20,21). The van der Waals surface area contributed by atoms with Crippen molar-refractivity contribution in [3.8, 4) is 0 Å². The number of benzene rings is 2.